The minimum absolute atomic E-state index is 0.00959. The Morgan fingerprint density at radius 3 is 2.74 bits per heavy atom. The van der Waals surface area contributed by atoms with Gasteiger partial charge in [0.25, 0.3) is 5.91 Å². The summed E-state index contributed by atoms with van der Waals surface area (Å²) in [5.74, 6) is -2.51. The van der Waals surface area contributed by atoms with E-state index in [0.29, 0.717) is 12.8 Å². The lowest BCUT2D eigenvalue weighted by Gasteiger charge is -2.31. The first-order chi connectivity index (χ1) is 8.88. The molecule has 0 saturated carbocycles. The van der Waals surface area contributed by atoms with Crippen molar-refractivity contribution in [3.05, 3.63) is 34.6 Å². The zero-order chi connectivity index (χ0) is 14.2. The molecule has 19 heavy (non-hydrogen) atoms. The van der Waals surface area contributed by atoms with E-state index in [4.69, 9.17) is 11.6 Å². The fourth-order valence-corrected chi connectivity index (χ4v) is 2.59. The molecular formula is C13H13ClFNO3. The fourth-order valence-electron chi connectivity index (χ4n) is 2.35. The summed E-state index contributed by atoms with van der Waals surface area (Å²) in [7, 11) is 0. The quantitative estimate of drug-likeness (QED) is 0.908. The molecule has 1 fully saturated rings. The molecule has 1 unspecified atom stereocenters. The van der Waals surface area contributed by atoms with E-state index in [1.807, 2.05) is 0 Å². The van der Waals surface area contributed by atoms with Crippen LogP contribution in [0.25, 0.3) is 0 Å². The summed E-state index contributed by atoms with van der Waals surface area (Å²) < 4.78 is 13.7. The number of carbonyl (C=O) groups is 2. The van der Waals surface area contributed by atoms with Crippen molar-refractivity contribution < 1.29 is 19.1 Å². The van der Waals surface area contributed by atoms with Crippen molar-refractivity contribution in [2.75, 3.05) is 6.54 Å². The molecule has 1 aliphatic rings. The van der Waals surface area contributed by atoms with Crippen molar-refractivity contribution in [1.82, 2.24) is 4.90 Å². The first kappa shape index (κ1) is 13.8. The maximum atomic E-state index is 13.7. The molecule has 0 spiro atoms. The van der Waals surface area contributed by atoms with E-state index in [1.165, 1.54) is 24.0 Å². The number of hydrogen-bond acceptors (Lipinski definition) is 2. The van der Waals surface area contributed by atoms with Gasteiger partial charge in [0.05, 0.1) is 10.6 Å². The highest BCUT2D eigenvalue weighted by Gasteiger charge is 2.46. The molecule has 1 atom stereocenters. The Morgan fingerprint density at radius 1 is 1.47 bits per heavy atom. The lowest BCUT2D eigenvalue weighted by molar-refractivity contribution is -0.147. The first-order valence-corrected chi connectivity index (χ1v) is 6.25. The van der Waals surface area contributed by atoms with Crippen LogP contribution in [0.3, 0.4) is 0 Å². The molecule has 1 saturated heterocycles. The molecule has 1 amide bonds. The van der Waals surface area contributed by atoms with E-state index in [2.05, 4.69) is 0 Å². The van der Waals surface area contributed by atoms with Gasteiger partial charge in [-0.1, -0.05) is 17.7 Å². The molecule has 102 valence electrons. The number of likely N-dealkylation sites (tertiary alicyclic amines) is 1. The predicted molar refractivity (Wildman–Crippen MR) is 67.7 cm³/mol. The van der Waals surface area contributed by atoms with Crippen LogP contribution in [-0.2, 0) is 4.79 Å². The molecule has 1 aliphatic heterocycles. The monoisotopic (exact) mass is 285 g/mol. The number of carboxylic acid groups (broad SMARTS) is 1. The maximum Gasteiger partial charge on any atom is 0.329 e. The van der Waals surface area contributed by atoms with E-state index < -0.39 is 23.2 Å². The second-order valence-electron chi connectivity index (χ2n) is 4.74. The minimum atomic E-state index is -1.30. The van der Waals surface area contributed by atoms with Crippen molar-refractivity contribution in [3.8, 4) is 0 Å². The van der Waals surface area contributed by atoms with Gasteiger partial charge in [0.2, 0.25) is 0 Å². The van der Waals surface area contributed by atoms with E-state index in [0.717, 1.165) is 6.07 Å². The topological polar surface area (TPSA) is 57.6 Å². The number of carbonyl (C=O) groups excluding carboxylic acids is 1. The van der Waals surface area contributed by atoms with Gasteiger partial charge in [-0.25, -0.2) is 9.18 Å². The Balaban J connectivity index is 2.42. The number of carboxylic acids is 1. The Bertz CT molecular complexity index is 528. The van der Waals surface area contributed by atoms with Crippen LogP contribution < -0.4 is 0 Å². The number of nitrogens with zero attached hydrogens (tertiary/aromatic N) is 1. The summed E-state index contributed by atoms with van der Waals surface area (Å²) in [5, 5.41) is 9.25. The zero-order valence-corrected chi connectivity index (χ0v) is 11.1. The smallest absolute Gasteiger partial charge is 0.329 e. The van der Waals surface area contributed by atoms with Crippen molar-refractivity contribution in [2.45, 2.75) is 25.3 Å². The molecule has 6 heteroatoms. The number of rotatable bonds is 2. The van der Waals surface area contributed by atoms with Crippen molar-refractivity contribution in [2.24, 2.45) is 0 Å². The van der Waals surface area contributed by atoms with Crippen LogP contribution in [0.5, 0.6) is 0 Å². The lowest BCUT2D eigenvalue weighted by Crippen LogP contribution is -2.51. The molecule has 0 aliphatic carbocycles. The Hall–Kier alpha value is -1.62. The highest BCUT2D eigenvalue weighted by Crippen LogP contribution is 2.32. The van der Waals surface area contributed by atoms with Crippen LogP contribution in [0, 0.1) is 5.82 Å². The van der Waals surface area contributed by atoms with E-state index >= 15 is 0 Å². The molecule has 0 radical (unpaired) electrons. The van der Waals surface area contributed by atoms with Crippen LogP contribution >= 0.6 is 11.6 Å². The van der Waals surface area contributed by atoms with Crippen molar-refractivity contribution in [3.63, 3.8) is 0 Å². The number of benzene rings is 1. The summed E-state index contributed by atoms with van der Waals surface area (Å²) in [6.45, 7) is 1.75. The van der Waals surface area contributed by atoms with Gasteiger partial charge in [0, 0.05) is 6.54 Å². The molecule has 1 aromatic carbocycles. The average molecular weight is 286 g/mol. The number of hydrogen-bond donors (Lipinski definition) is 1. The van der Waals surface area contributed by atoms with Crippen LogP contribution in [0.2, 0.25) is 5.02 Å². The summed E-state index contributed by atoms with van der Waals surface area (Å²) >= 11 is 5.84. The largest absolute Gasteiger partial charge is 0.480 e. The number of aliphatic carboxylic acids is 1. The van der Waals surface area contributed by atoms with Crippen LogP contribution in [0.15, 0.2) is 18.2 Å². The third kappa shape index (κ3) is 2.18. The third-order valence-corrected chi connectivity index (χ3v) is 3.84. The van der Waals surface area contributed by atoms with Gasteiger partial charge in [-0.05, 0) is 31.9 Å². The second kappa shape index (κ2) is 4.81. The molecule has 0 aromatic heterocycles. The van der Waals surface area contributed by atoms with Gasteiger partial charge >= 0.3 is 5.97 Å². The molecule has 1 heterocycles. The van der Waals surface area contributed by atoms with Crippen LogP contribution in [0.4, 0.5) is 4.39 Å². The van der Waals surface area contributed by atoms with Gasteiger partial charge in [-0.2, -0.15) is 0 Å². The highest BCUT2D eigenvalue weighted by molar-refractivity contribution is 6.33. The molecule has 4 nitrogen and oxygen atoms in total. The predicted octanol–water partition coefficient (Wildman–Crippen LogP) is 2.56. The van der Waals surface area contributed by atoms with Gasteiger partial charge in [0.1, 0.15) is 11.4 Å². The molecule has 0 bridgehead atoms. The standard InChI is InChI=1S/C13H13ClFNO3/c1-13(12(18)19)6-3-7-16(13)11(17)10-8(14)4-2-5-9(10)15/h2,4-5H,3,6-7H2,1H3,(H,18,19). The minimum Gasteiger partial charge on any atom is -0.480 e. The van der Waals surface area contributed by atoms with Gasteiger partial charge in [0.15, 0.2) is 0 Å². The van der Waals surface area contributed by atoms with Gasteiger partial charge in [-0.15, -0.1) is 0 Å². The van der Waals surface area contributed by atoms with Crippen molar-refractivity contribution >= 4 is 23.5 Å². The Labute approximate surface area is 114 Å². The van der Waals surface area contributed by atoms with Crippen molar-refractivity contribution in [1.29, 1.82) is 0 Å². The highest BCUT2D eigenvalue weighted by atomic mass is 35.5. The third-order valence-electron chi connectivity index (χ3n) is 3.52. The van der Waals surface area contributed by atoms with Gasteiger partial charge < -0.3 is 10.0 Å². The summed E-state index contributed by atoms with van der Waals surface area (Å²) in [6.07, 6.45) is 0.917. The van der Waals surface area contributed by atoms with E-state index in [1.54, 1.807) is 0 Å². The SMILES string of the molecule is CC1(C(=O)O)CCCN1C(=O)c1c(F)cccc1Cl. The van der Waals surface area contributed by atoms with Crippen LogP contribution in [0.1, 0.15) is 30.1 Å². The molecule has 1 aromatic rings. The van der Waals surface area contributed by atoms with E-state index in [-0.39, 0.29) is 17.1 Å². The molecule has 1 N–H and O–H groups in total. The second-order valence-corrected chi connectivity index (χ2v) is 5.14. The zero-order valence-electron chi connectivity index (χ0n) is 10.3. The maximum absolute atomic E-state index is 13.7. The summed E-state index contributed by atoms with van der Waals surface area (Å²) in [6, 6.07) is 3.94. The first-order valence-electron chi connectivity index (χ1n) is 5.87. The van der Waals surface area contributed by atoms with Crippen LogP contribution in [-0.4, -0.2) is 34.0 Å². The number of amides is 1. The normalized spacial score (nSPS) is 22.6. The van der Waals surface area contributed by atoms with E-state index in [9.17, 15) is 19.1 Å². The molecule has 2 rings (SSSR count). The Kier molecular flexibility index (Phi) is 3.49. The lowest BCUT2D eigenvalue weighted by atomic mass is 9.98. The summed E-state index contributed by atoms with van der Waals surface area (Å²) in [4.78, 5) is 24.8. The number of halogens is 2. The Morgan fingerprint density at radius 2 is 2.16 bits per heavy atom. The average Bonchev–Trinajstić information content (AvgIpc) is 2.72. The summed E-state index contributed by atoms with van der Waals surface area (Å²) in [5.41, 5.74) is -1.57. The van der Waals surface area contributed by atoms with Gasteiger partial charge in [-0.3, -0.25) is 4.79 Å². The fraction of sp³-hybridized carbons (Fsp3) is 0.385. The molecular weight excluding hydrogens is 273 g/mol.